The highest BCUT2D eigenvalue weighted by molar-refractivity contribution is 5.74. The molecular formula is C23H31N7O2. The maximum Gasteiger partial charge on any atom is 0.332 e. The maximum atomic E-state index is 13.6. The number of nitrogens with zero attached hydrogens (tertiary/aromatic N) is 6. The van der Waals surface area contributed by atoms with Crippen molar-refractivity contribution in [3.8, 4) is 0 Å². The summed E-state index contributed by atoms with van der Waals surface area (Å²) < 4.78 is 4.62. The van der Waals surface area contributed by atoms with E-state index in [1.54, 1.807) is 7.05 Å². The van der Waals surface area contributed by atoms with Crippen molar-refractivity contribution in [2.45, 2.75) is 52.7 Å². The van der Waals surface area contributed by atoms with Crippen LogP contribution in [0, 0.1) is 6.92 Å². The number of hydrogen-bond donors (Lipinski definition) is 1. The molecule has 9 heteroatoms. The molecule has 2 N–H and O–H groups in total. The van der Waals surface area contributed by atoms with E-state index in [1.165, 1.54) is 9.13 Å². The van der Waals surface area contributed by atoms with Crippen LogP contribution in [0.25, 0.3) is 11.2 Å². The van der Waals surface area contributed by atoms with Gasteiger partial charge in [0.05, 0.1) is 12.2 Å². The summed E-state index contributed by atoms with van der Waals surface area (Å²) in [6, 6.07) is 5.65. The number of aromatic nitrogens is 5. The van der Waals surface area contributed by atoms with Gasteiger partial charge in [0.2, 0.25) is 5.95 Å². The van der Waals surface area contributed by atoms with Crippen LogP contribution in [-0.2, 0) is 20.1 Å². The minimum Gasteiger partial charge on any atom is -0.341 e. The van der Waals surface area contributed by atoms with Crippen molar-refractivity contribution in [3.63, 3.8) is 0 Å². The van der Waals surface area contributed by atoms with E-state index in [4.69, 9.17) is 10.7 Å². The third kappa shape index (κ3) is 4.12. The van der Waals surface area contributed by atoms with Crippen LogP contribution < -0.4 is 21.9 Å². The number of hydrogen-bond acceptors (Lipinski definition) is 6. The van der Waals surface area contributed by atoms with E-state index in [1.807, 2.05) is 43.5 Å². The highest BCUT2D eigenvalue weighted by Gasteiger charge is 2.26. The average Bonchev–Trinajstić information content (AvgIpc) is 3.13. The summed E-state index contributed by atoms with van der Waals surface area (Å²) in [5.41, 5.74) is 8.92. The molecule has 32 heavy (non-hydrogen) atoms. The fourth-order valence-electron chi connectivity index (χ4n) is 4.23. The Hall–Kier alpha value is -3.20. The third-order valence-electron chi connectivity index (χ3n) is 5.90. The van der Waals surface area contributed by atoms with E-state index in [0.29, 0.717) is 35.9 Å². The van der Waals surface area contributed by atoms with Crippen LogP contribution >= 0.6 is 0 Å². The number of pyridine rings is 1. The molecule has 9 nitrogen and oxygen atoms in total. The normalized spacial score (nSPS) is 16.5. The monoisotopic (exact) mass is 437 g/mol. The minimum absolute atomic E-state index is 0.0633. The molecular weight excluding hydrogens is 406 g/mol. The Labute approximate surface area is 186 Å². The molecule has 1 unspecified atom stereocenters. The summed E-state index contributed by atoms with van der Waals surface area (Å²) in [5, 5.41) is 0. The summed E-state index contributed by atoms with van der Waals surface area (Å²) >= 11 is 0. The SMILES string of the molecule is CC(C)=CCn1c(N2CCCC(N)C2)nc2c1c(=O)n(Cc1cccc(C)n1)c(=O)n2C. The first-order chi connectivity index (χ1) is 15.3. The second-order valence-electron chi connectivity index (χ2n) is 8.83. The maximum absolute atomic E-state index is 13.6. The topological polar surface area (TPSA) is 104 Å². The third-order valence-corrected chi connectivity index (χ3v) is 5.90. The zero-order valence-electron chi connectivity index (χ0n) is 19.2. The number of nitrogens with two attached hydrogens (primary N) is 1. The van der Waals surface area contributed by atoms with E-state index in [2.05, 4.69) is 16.0 Å². The van der Waals surface area contributed by atoms with Crippen molar-refractivity contribution in [2.24, 2.45) is 12.8 Å². The van der Waals surface area contributed by atoms with Gasteiger partial charge in [-0.3, -0.25) is 18.9 Å². The Morgan fingerprint density at radius 3 is 2.69 bits per heavy atom. The molecule has 1 aliphatic heterocycles. The molecule has 0 bridgehead atoms. The molecule has 0 radical (unpaired) electrons. The molecule has 0 saturated carbocycles. The Morgan fingerprint density at radius 2 is 2.00 bits per heavy atom. The molecule has 0 aliphatic carbocycles. The van der Waals surface area contributed by atoms with Crippen LogP contribution in [-0.4, -0.2) is 42.8 Å². The van der Waals surface area contributed by atoms with Crippen LogP contribution in [0.15, 0.2) is 39.4 Å². The van der Waals surface area contributed by atoms with Crippen molar-refractivity contribution >= 4 is 17.1 Å². The average molecular weight is 438 g/mol. The van der Waals surface area contributed by atoms with Gasteiger partial charge in [-0.15, -0.1) is 0 Å². The first kappa shape index (κ1) is 22.0. The van der Waals surface area contributed by atoms with Crippen molar-refractivity contribution < 1.29 is 0 Å². The van der Waals surface area contributed by atoms with E-state index in [9.17, 15) is 9.59 Å². The summed E-state index contributed by atoms with van der Waals surface area (Å²) in [6.07, 6.45) is 4.00. The molecule has 4 heterocycles. The first-order valence-electron chi connectivity index (χ1n) is 11.0. The predicted octanol–water partition coefficient (Wildman–Crippen LogP) is 1.54. The summed E-state index contributed by atoms with van der Waals surface area (Å²) in [7, 11) is 1.66. The van der Waals surface area contributed by atoms with Crippen LogP contribution in [0.5, 0.6) is 0 Å². The Bertz CT molecular complexity index is 1290. The molecule has 0 amide bonds. The second kappa shape index (κ2) is 8.74. The van der Waals surface area contributed by atoms with Gasteiger partial charge in [0.25, 0.3) is 5.56 Å². The number of aryl methyl sites for hydroxylation is 2. The van der Waals surface area contributed by atoms with E-state index < -0.39 is 5.69 Å². The van der Waals surface area contributed by atoms with Crippen LogP contribution in [0.2, 0.25) is 0 Å². The Balaban J connectivity index is 1.93. The summed E-state index contributed by atoms with van der Waals surface area (Å²) in [6.45, 7) is 8.03. The number of allylic oxidation sites excluding steroid dienone is 2. The number of rotatable bonds is 5. The lowest BCUT2D eigenvalue weighted by Gasteiger charge is -2.31. The molecule has 170 valence electrons. The molecule has 1 fully saturated rings. The van der Waals surface area contributed by atoms with Crippen molar-refractivity contribution in [1.82, 2.24) is 23.7 Å². The number of imidazole rings is 1. The fraction of sp³-hybridized carbons (Fsp3) is 0.478. The van der Waals surface area contributed by atoms with Gasteiger partial charge in [-0.05, 0) is 45.7 Å². The van der Waals surface area contributed by atoms with Crippen molar-refractivity contribution in [2.75, 3.05) is 18.0 Å². The van der Waals surface area contributed by atoms with Crippen LogP contribution in [0.1, 0.15) is 38.1 Å². The number of fused-ring (bicyclic) bond motifs is 1. The standard InChI is InChI=1S/C23H31N7O2/c1-15(2)10-12-29-19-20(26-22(29)28-11-6-8-17(24)13-28)27(4)23(32)30(21(19)31)14-18-9-5-7-16(3)25-18/h5,7,9-10,17H,6,8,11-14,24H2,1-4H3. The lowest BCUT2D eigenvalue weighted by atomic mass is 10.1. The van der Waals surface area contributed by atoms with Gasteiger partial charge in [0.15, 0.2) is 11.2 Å². The molecule has 1 atom stereocenters. The van der Waals surface area contributed by atoms with Gasteiger partial charge < -0.3 is 15.2 Å². The van der Waals surface area contributed by atoms with Gasteiger partial charge in [-0.25, -0.2) is 4.79 Å². The molecule has 4 rings (SSSR count). The lowest BCUT2D eigenvalue weighted by Crippen LogP contribution is -2.44. The van der Waals surface area contributed by atoms with Crippen LogP contribution in [0.3, 0.4) is 0 Å². The Morgan fingerprint density at radius 1 is 1.22 bits per heavy atom. The zero-order valence-corrected chi connectivity index (χ0v) is 19.2. The van der Waals surface area contributed by atoms with Gasteiger partial charge in [0.1, 0.15) is 0 Å². The molecule has 3 aromatic rings. The van der Waals surface area contributed by atoms with Crippen molar-refractivity contribution in [1.29, 1.82) is 0 Å². The van der Waals surface area contributed by atoms with Gasteiger partial charge in [-0.1, -0.05) is 17.7 Å². The minimum atomic E-state index is -0.403. The zero-order chi connectivity index (χ0) is 23.0. The first-order valence-corrected chi connectivity index (χ1v) is 11.0. The summed E-state index contributed by atoms with van der Waals surface area (Å²) in [4.78, 5) is 38.1. The Kier molecular flexibility index (Phi) is 6.01. The fourth-order valence-corrected chi connectivity index (χ4v) is 4.23. The van der Waals surface area contributed by atoms with Gasteiger partial charge in [0, 0.05) is 38.4 Å². The molecule has 0 aromatic carbocycles. The van der Waals surface area contributed by atoms with Gasteiger partial charge in [-0.2, -0.15) is 4.98 Å². The molecule has 3 aromatic heterocycles. The smallest absolute Gasteiger partial charge is 0.332 e. The highest BCUT2D eigenvalue weighted by atomic mass is 16.2. The number of anilines is 1. The highest BCUT2D eigenvalue weighted by Crippen LogP contribution is 2.23. The van der Waals surface area contributed by atoms with E-state index in [-0.39, 0.29) is 18.1 Å². The largest absolute Gasteiger partial charge is 0.341 e. The second-order valence-corrected chi connectivity index (χ2v) is 8.83. The van der Waals surface area contributed by atoms with Crippen molar-refractivity contribution in [3.05, 3.63) is 62.1 Å². The predicted molar refractivity (Wildman–Crippen MR) is 126 cm³/mol. The lowest BCUT2D eigenvalue weighted by molar-refractivity contribution is 0.495. The van der Waals surface area contributed by atoms with Crippen LogP contribution in [0.4, 0.5) is 5.95 Å². The molecule has 1 aliphatic rings. The quantitative estimate of drug-likeness (QED) is 0.607. The van der Waals surface area contributed by atoms with Gasteiger partial charge >= 0.3 is 5.69 Å². The number of piperidine rings is 1. The van der Waals surface area contributed by atoms with E-state index >= 15 is 0 Å². The van der Waals surface area contributed by atoms with E-state index in [0.717, 1.165) is 30.7 Å². The molecule has 1 saturated heterocycles. The molecule has 0 spiro atoms. The summed E-state index contributed by atoms with van der Waals surface area (Å²) in [5.74, 6) is 0.686.